The summed E-state index contributed by atoms with van der Waals surface area (Å²) >= 11 is 0. The highest BCUT2D eigenvalue weighted by atomic mass is 16.5. The summed E-state index contributed by atoms with van der Waals surface area (Å²) in [4.78, 5) is 11.2. The van der Waals surface area contributed by atoms with Gasteiger partial charge in [-0.2, -0.15) is 0 Å². The molecule has 1 aromatic carbocycles. The Kier molecular flexibility index (Phi) is 6.72. The van der Waals surface area contributed by atoms with Crippen LogP contribution in [-0.4, -0.2) is 19.7 Å². The third kappa shape index (κ3) is 5.60. The number of hydrogen-bond donors (Lipinski definition) is 0. The van der Waals surface area contributed by atoms with Crippen LogP contribution in [0.5, 0.6) is 5.75 Å². The van der Waals surface area contributed by atoms with Gasteiger partial charge in [0.1, 0.15) is 12.4 Å². The van der Waals surface area contributed by atoms with E-state index < -0.39 is 0 Å². The highest BCUT2D eigenvalue weighted by Gasteiger charge is 2.02. The number of rotatable bonds is 7. The highest BCUT2D eigenvalue weighted by Crippen LogP contribution is 2.14. The fraction of sp³-hybridized carbons (Fsp3) is 0.438. The lowest BCUT2D eigenvalue weighted by Gasteiger charge is -2.05. The number of carbonyl (C=O) groups excluding carboxylic acids is 1. The van der Waals surface area contributed by atoms with Crippen molar-refractivity contribution in [2.24, 2.45) is 0 Å². The molecule has 0 amide bonds. The van der Waals surface area contributed by atoms with Crippen molar-refractivity contribution in [1.82, 2.24) is 0 Å². The van der Waals surface area contributed by atoms with E-state index in [1.165, 1.54) is 25.5 Å². The molecule has 0 saturated carbocycles. The zero-order chi connectivity index (χ0) is 14.1. The van der Waals surface area contributed by atoms with Crippen molar-refractivity contribution in [2.45, 2.75) is 33.1 Å². The molecular weight excluding hydrogens is 240 g/mol. The van der Waals surface area contributed by atoms with Gasteiger partial charge >= 0.3 is 5.97 Å². The van der Waals surface area contributed by atoms with Crippen LogP contribution in [0, 0.1) is 0 Å². The van der Waals surface area contributed by atoms with Crippen LogP contribution in [-0.2, 0) is 16.0 Å². The van der Waals surface area contributed by atoms with Crippen LogP contribution >= 0.6 is 0 Å². The topological polar surface area (TPSA) is 35.5 Å². The van der Waals surface area contributed by atoms with Gasteiger partial charge in [0.2, 0.25) is 0 Å². The standard InChI is InChI=1S/C16H22O3/c1-4-5-6-14-7-9-15(10-8-14)19-12-11-13(2)16(17)18-3/h7-11H,4-6,12H2,1-3H3/b13-11-. The van der Waals surface area contributed by atoms with Crippen molar-refractivity contribution in [2.75, 3.05) is 13.7 Å². The average Bonchev–Trinajstić information content (AvgIpc) is 2.45. The molecule has 0 fully saturated rings. The molecule has 104 valence electrons. The molecule has 0 aliphatic rings. The van der Waals surface area contributed by atoms with Gasteiger partial charge in [0.15, 0.2) is 0 Å². The Hall–Kier alpha value is -1.77. The Bertz CT molecular complexity index is 418. The SMILES string of the molecule is CCCCc1ccc(OC/C=C(/C)C(=O)OC)cc1. The van der Waals surface area contributed by atoms with Crippen LogP contribution in [0.1, 0.15) is 32.3 Å². The van der Waals surface area contributed by atoms with Crippen LogP contribution < -0.4 is 4.74 Å². The van der Waals surface area contributed by atoms with Gasteiger partial charge in [0, 0.05) is 5.57 Å². The quantitative estimate of drug-likeness (QED) is 0.557. The van der Waals surface area contributed by atoms with Crippen molar-refractivity contribution in [3.05, 3.63) is 41.5 Å². The van der Waals surface area contributed by atoms with Crippen molar-refractivity contribution in [3.8, 4) is 5.75 Å². The fourth-order valence-electron chi connectivity index (χ4n) is 1.64. The number of aryl methyl sites for hydroxylation is 1. The predicted molar refractivity (Wildman–Crippen MR) is 76.3 cm³/mol. The molecule has 0 bridgehead atoms. The number of benzene rings is 1. The molecule has 1 rings (SSSR count). The second-order valence-electron chi connectivity index (χ2n) is 4.44. The van der Waals surface area contributed by atoms with E-state index in [4.69, 9.17) is 4.74 Å². The predicted octanol–water partition coefficient (Wildman–Crippen LogP) is 3.53. The maximum absolute atomic E-state index is 11.2. The average molecular weight is 262 g/mol. The summed E-state index contributed by atoms with van der Waals surface area (Å²) in [7, 11) is 1.37. The number of hydrogen-bond acceptors (Lipinski definition) is 3. The summed E-state index contributed by atoms with van der Waals surface area (Å²) in [5, 5.41) is 0. The molecule has 0 spiro atoms. The maximum atomic E-state index is 11.2. The van der Waals surface area contributed by atoms with Crippen LogP contribution in [0.3, 0.4) is 0 Å². The Morgan fingerprint density at radius 3 is 2.53 bits per heavy atom. The zero-order valence-electron chi connectivity index (χ0n) is 11.9. The van der Waals surface area contributed by atoms with E-state index in [9.17, 15) is 4.79 Å². The second kappa shape index (κ2) is 8.35. The molecule has 19 heavy (non-hydrogen) atoms. The summed E-state index contributed by atoms with van der Waals surface area (Å²) in [6.45, 7) is 4.27. The monoisotopic (exact) mass is 262 g/mol. The first kappa shape index (κ1) is 15.3. The Morgan fingerprint density at radius 2 is 1.95 bits per heavy atom. The smallest absolute Gasteiger partial charge is 0.333 e. The van der Waals surface area contributed by atoms with Crippen molar-refractivity contribution >= 4 is 5.97 Å². The second-order valence-corrected chi connectivity index (χ2v) is 4.44. The molecule has 3 heteroatoms. The van der Waals surface area contributed by atoms with E-state index in [2.05, 4.69) is 23.8 Å². The molecule has 0 N–H and O–H groups in total. The number of carbonyl (C=O) groups is 1. The molecule has 0 aromatic heterocycles. The highest BCUT2D eigenvalue weighted by molar-refractivity contribution is 5.87. The van der Waals surface area contributed by atoms with E-state index in [-0.39, 0.29) is 5.97 Å². The maximum Gasteiger partial charge on any atom is 0.333 e. The molecule has 0 radical (unpaired) electrons. The summed E-state index contributed by atoms with van der Waals surface area (Å²) in [6.07, 6.45) is 5.24. The lowest BCUT2D eigenvalue weighted by molar-refractivity contribution is -0.136. The molecule has 3 nitrogen and oxygen atoms in total. The minimum absolute atomic E-state index is 0.321. The number of ether oxygens (including phenoxy) is 2. The summed E-state index contributed by atoms with van der Waals surface area (Å²) in [6, 6.07) is 8.10. The number of unbranched alkanes of at least 4 members (excludes halogenated alkanes) is 1. The van der Waals surface area contributed by atoms with Crippen LogP contribution in [0.25, 0.3) is 0 Å². The molecule has 0 saturated heterocycles. The van der Waals surface area contributed by atoms with E-state index in [0.717, 1.165) is 12.2 Å². The van der Waals surface area contributed by atoms with Crippen LogP contribution in [0.15, 0.2) is 35.9 Å². The van der Waals surface area contributed by atoms with Gasteiger partial charge in [-0.25, -0.2) is 4.79 Å². The summed E-state index contributed by atoms with van der Waals surface area (Å²) < 4.78 is 10.2. The molecule has 1 aromatic rings. The van der Waals surface area contributed by atoms with Gasteiger partial charge in [-0.1, -0.05) is 25.5 Å². The number of esters is 1. The van der Waals surface area contributed by atoms with Crippen LogP contribution in [0.4, 0.5) is 0 Å². The van der Waals surface area contributed by atoms with Crippen molar-refractivity contribution in [1.29, 1.82) is 0 Å². The lowest BCUT2D eigenvalue weighted by Crippen LogP contribution is -2.04. The summed E-state index contributed by atoms with van der Waals surface area (Å²) in [5.41, 5.74) is 1.89. The number of methoxy groups -OCH3 is 1. The molecule has 0 heterocycles. The van der Waals surface area contributed by atoms with Gasteiger partial charge in [0.05, 0.1) is 7.11 Å². The van der Waals surface area contributed by atoms with E-state index in [1.54, 1.807) is 13.0 Å². The van der Waals surface area contributed by atoms with Gasteiger partial charge in [-0.3, -0.25) is 0 Å². The van der Waals surface area contributed by atoms with Crippen molar-refractivity contribution in [3.63, 3.8) is 0 Å². The van der Waals surface area contributed by atoms with Crippen molar-refractivity contribution < 1.29 is 14.3 Å². The van der Waals surface area contributed by atoms with Gasteiger partial charge in [-0.15, -0.1) is 0 Å². The Morgan fingerprint density at radius 1 is 1.26 bits per heavy atom. The minimum Gasteiger partial charge on any atom is -0.490 e. The first-order chi connectivity index (χ1) is 9.17. The third-order valence-electron chi connectivity index (χ3n) is 2.89. The molecule has 0 aliphatic carbocycles. The van der Waals surface area contributed by atoms with E-state index >= 15 is 0 Å². The third-order valence-corrected chi connectivity index (χ3v) is 2.89. The Labute approximate surface area is 115 Å². The van der Waals surface area contributed by atoms with Gasteiger partial charge in [-0.05, 0) is 43.5 Å². The molecule has 0 unspecified atom stereocenters. The van der Waals surface area contributed by atoms with Crippen LogP contribution in [0.2, 0.25) is 0 Å². The summed E-state index contributed by atoms with van der Waals surface area (Å²) in [5.74, 6) is 0.493. The van der Waals surface area contributed by atoms with E-state index in [1.807, 2.05) is 12.1 Å². The van der Waals surface area contributed by atoms with Gasteiger partial charge in [0.25, 0.3) is 0 Å². The van der Waals surface area contributed by atoms with Gasteiger partial charge < -0.3 is 9.47 Å². The minimum atomic E-state index is -0.321. The molecule has 0 atom stereocenters. The largest absolute Gasteiger partial charge is 0.490 e. The Balaban J connectivity index is 2.43. The normalized spacial score (nSPS) is 11.2. The molecular formula is C16H22O3. The first-order valence-corrected chi connectivity index (χ1v) is 6.64. The zero-order valence-corrected chi connectivity index (χ0v) is 11.9. The lowest BCUT2D eigenvalue weighted by atomic mass is 10.1. The fourth-order valence-corrected chi connectivity index (χ4v) is 1.64. The van der Waals surface area contributed by atoms with E-state index in [0.29, 0.717) is 12.2 Å². The molecule has 0 aliphatic heterocycles. The first-order valence-electron chi connectivity index (χ1n) is 6.64.